The number of anilines is 1. The van der Waals surface area contributed by atoms with E-state index in [0.29, 0.717) is 13.8 Å². The SMILES string of the molecule is Nc1n[n+]([O-])c2ccccc2[n+]1[O-].[CH2]C.[Cl][Ti]([Cl])[CH]1C=CC=C1.[SnH2]. The third-order valence-electron chi connectivity index (χ3n) is 2.71. The molecule has 10 heteroatoms. The van der Waals surface area contributed by atoms with Crippen molar-refractivity contribution in [1.82, 2.24) is 5.10 Å². The molecule has 0 saturated carbocycles. The summed E-state index contributed by atoms with van der Waals surface area (Å²) in [4.78, 5) is 0.332. The van der Waals surface area contributed by atoms with Gasteiger partial charge in [0.1, 0.15) is 0 Å². The summed E-state index contributed by atoms with van der Waals surface area (Å²) in [5.41, 5.74) is 5.62. The number of nitrogens with two attached hydrogens (primary N) is 1. The topological polar surface area (TPSA) is 92.8 Å². The van der Waals surface area contributed by atoms with Crippen molar-refractivity contribution >= 4 is 59.5 Å². The van der Waals surface area contributed by atoms with Crippen LogP contribution in [0.15, 0.2) is 48.6 Å². The van der Waals surface area contributed by atoms with Crippen molar-refractivity contribution in [2.75, 3.05) is 5.73 Å². The molecule has 0 amide bonds. The quantitative estimate of drug-likeness (QED) is 0.359. The number of benzene rings is 1. The minimum atomic E-state index is -1.69. The molecule has 2 aromatic rings. The first-order valence-corrected chi connectivity index (χ1v) is 11.8. The zero-order valence-electron chi connectivity index (χ0n) is 13.1. The number of allylic oxidation sites excluding steroid dienone is 4. The normalized spacial score (nSPS) is 11.8. The van der Waals surface area contributed by atoms with Gasteiger partial charge in [0.15, 0.2) is 5.52 Å². The summed E-state index contributed by atoms with van der Waals surface area (Å²) in [5, 5.41) is 25.7. The predicted molar refractivity (Wildman–Crippen MR) is 97.4 cm³/mol. The van der Waals surface area contributed by atoms with Crippen LogP contribution in [0.1, 0.15) is 6.92 Å². The second kappa shape index (κ2) is 11.9. The number of nitrogens with zero attached hydrogens (tertiary/aromatic N) is 3. The van der Waals surface area contributed by atoms with Crippen molar-refractivity contribution in [2.24, 2.45) is 0 Å². The molecule has 1 aromatic carbocycles. The maximum atomic E-state index is 11.3. The maximum absolute atomic E-state index is 11.3. The fourth-order valence-electron chi connectivity index (χ4n) is 1.69. The third-order valence-corrected chi connectivity index (χ3v) is 6.17. The molecule has 6 nitrogen and oxygen atoms in total. The number of rotatable bonds is 1. The van der Waals surface area contributed by atoms with Crippen LogP contribution in [0.3, 0.4) is 0 Å². The van der Waals surface area contributed by atoms with Gasteiger partial charge in [-0.1, -0.05) is 26.0 Å². The molecule has 0 unspecified atom stereocenters. The molecule has 1 aliphatic rings. The Bertz CT molecular complexity index is 704. The zero-order valence-corrected chi connectivity index (χ0v) is 20.2. The van der Waals surface area contributed by atoms with Crippen molar-refractivity contribution in [3.63, 3.8) is 0 Å². The van der Waals surface area contributed by atoms with E-state index < -0.39 is 15.7 Å². The zero-order chi connectivity index (χ0) is 17.4. The summed E-state index contributed by atoms with van der Waals surface area (Å²) >= 11 is -1.69. The Balaban J connectivity index is 0.000000418. The Morgan fingerprint density at radius 2 is 1.62 bits per heavy atom. The molecule has 24 heavy (non-hydrogen) atoms. The van der Waals surface area contributed by atoms with Crippen molar-refractivity contribution in [2.45, 2.75) is 11.1 Å². The Morgan fingerprint density at radius 3 is 2.08 bits per heavy atom. The van der Waals surface area contributed by atoms with Gasteiger partial charge in [0.05, 0.1) is 0 Å². The fraction of sp³-hybridized carbons (Fsp3) is 0.143. The first kappa shape index (κ1) is 23.5. The number of fused-ring (bicyclic) bond motifs is 1. The van der Waals surface area contributed by atoms with Crippen LogP contribution in [0.4, 0.5) is 5.95 Å². The van der Waals surface area contributed by atoms with E-state index in [-0.39, 0.29) is 40.9 Å². The molecule has 0 fully saturated rings. The van der Waals surface area contributed by atoms with E-state index in [1.807, 2.05) is 12.2 Å². The summed E-state index contributed by atoms with van der Waals surface area (Å²) in [6, 6.07) is 6.31. The number of hydrogen-bond donors (Lipinski definition) is 1. The van der Waals surface area contributed by atoms with Crippen LogP contribution in [0.5, 0.6) is 0 Å². The molecule has 0 saturated heterocycles. The molecular weight excluding hydrogens is 494 g/mol. The summed E-state index contributed by atoms with van der Waals surface area (Å²) in [6.07, 6.45) is 8.08. The summed E-state index contributed by atoms with van der Waals surface area (Å²) in [7, 11) is 11.4. The average Bonchev–Trinajstić information content (AvgIpc) is 3.10. The van der Waals surface area contributed by atoms with E-state index in [1.165, 1.54) is 12.1 Å². The van der Waals surface area contributed by atoms with Crippen LogP contribution in [-0.4, -0.2) is 29.0 Å². The second-order valence-electron chi connectivity index (χ2n) is 4.10. The number of nitrogen functional groups attached to an aromatic ring is 1. The van der Waals surface area contributed by atoms with Crippen molar-refractivity contribution in [3.05, 3.63) is 65.9 Å². The van der Waals surface area contributed by atoms with Crippen LogP contribution in [0, 0.1) is 17.3 Å². The Morgan fingerprint density at radius 1 is 1.12 bits per heavy atom. The number of hydrogen-bond acceptors (Lipinski definition) is 4. The number of para-hydroxylation sites is 2. The van der Waals surface area contributed by atoms with Gasteiger partial charge in [0.2, 0.25) is 5.10 Å². The first-order chi connectivity index (χ1) is 11.0. The van der Waals surface area contributed by atoms with Gasteiger partial charge in [-0.15, -0.1) is 0 Å². The summed E-state index contributed by atoms with van der Waals surface area (Å²) in [5.74, 6) is -0.353. The van der Waals surface area contributed by atoms with Crippen molar-refractivity contribution < 1.29 is 25.3 Å². The molecule has 1 aliphatic carbocycles. The molecule has 0 spiro atoms. The van der Waals surface area contributed by atoms with Gasteiger partial charge in [-0.05, 0) is 6.07 Å². The second-order valence-corrected chi connectivity index (χ2v) is 10.2. The van der Waals surface area contributed by atoms with Gasteiger partial charge >= 0.3 is 92.7 Å². The third kappa shape index (κ3) is 6.40. The van der Waals surface area contributed by atoms with Crippen molar-refractivity contribution in [3.8, 4) is 0 Å². The van der Waals surface area contributed by atoms with Crippen LogP contribution in [0.25, 0.3) is 11.0 Å². The molecular formula is C14H18Cl2N4O2SnTi. The van der Waals surface area contributed by atoms with Crippen LogP contribution < -0.4 is 15.3 Å². The molecule has 1 aromatic heterocycles. The molecule has 0 atom stereocenters. The van der Waals surface area contributed by atoms with E-state index in [0.717, 1.165) is 0 Å². The van der Waals surface area contributed by atoms with E-state index in [1.54, 1.807) is 19.1 Å². The van der Waals surface area contributed by atoms with Gasteiger partial charge in [0, 0.05) is 10.9 Å². The summed E-state index contributed by atoms with van der Waals surface area (Å²) in [6.45, 7) is 5.00. The van der Waals surface area contributed by atoms with Gasteiger partial charge in [-0.3, -0.25) is 5.73 Å². The van der Waals surface area contributed by atoms with E-state index in [2.05, 4.69) is 24.2 Å². The van der Waals surface area contributed by atoms with E-state index in [4.69, 9.17) is 24.3 Å². The van der Waals surface area contributed by atoms with Crippen LogP contribution >= 0.6 is 18.6 Å². The molecule has 0 bridgehead atoms. The van der Waals surface area contributed by atoms with Gasteiger partial charge in [-0.25, -0.2) is 4.73 Å². The number of aromatic nitrogens is 3. The van der Waals surface area contributed by atoms with E-state index in [9.17, 15) is 10.4 Å². The standard InChI is InChI=1S/C7H6N4O2.C5H5.C2H5.2ClH.Sn.Ti.2H/c8-7-9-11(13)6-4-2-1-3-5(6)10(7)12;1-2-4-5-3-1;1-2;;;;;;/h1-4H,(H2,8,9);1-5H;1H2,2H3;2*1H;;;;/q;;;;;;+2;;/p-2. The summed E-state index contributed by atoms with van der Waals surface area (Å²) < 4.78 is 0.822. The molecule has 128 valence electrons. The van der Waals surface area contributed by atoms with Gasteiger partial charge in [-0.2, -0.15) is 0 Å². The van der Waals surface area contributed by atoms with Gasteiger partial charge in [0.25, 0.3) is 5.52 Å². The fourth-order valence-corrected chi connectivity index (χ4v) is 3.69. The Hall–Kier alpha value is -0.537. The minimum absolute atomic E-state index is 0. The average molecular weight is 512 g/mol. The first-order valence-electron chi connectivity index (χ1n) is 6.62. The van der Waals surface area contributed by atoms with Gasteiger partial charge < -0.3 is 10.4 Å². The molecule has 1 heterocycles. The number of halogens is 2. The van der Waals surface area contributed by atoms with Crippen LogP contribution in [-0.2, 0) is 15.7 Å². The Kier molecular flexibility index (Phi) is 11.7. The predicted octanol–water partition coefficient (Wildman–Crippen LogP) is 1.83. The Labute approximate surface area is 171 Å². The van der Waals surface area contributed by atoms with Crippen molar-refractivity contribution in [1.29, 1.82) is 0 Å². The molecule has 3 rings (SSSR count). The molecule has 0 aliphatic heterocycles. The molecule has 3 radical (unpaired) electrons. The monoisotopic (exact) mass is 512 g/mol. The van der Waals surface area contributed by atoms with Crippen LogP contribution in [0.2, 0.25) is 4.22 Å². The molecule has 2 N–H and O–H groups in total. The van der Waals surface area contributed by atoms with E-state index >= 15 is 0 Å².